The molecule has 0 unspecified atom stereocenters. The quantitative estimate of drug-likeness (QED) is 0.586. The number of nitrogens with zero attached hydrogens (tertiary/aromatic N) is 1. The zero-order valence-corrected chi connectivity index (χ0v) is 18.4. The second-order valence-electron chi connectivity index (χ2n) is 9.07. The number of halogens is 2. The van der Waals surface area contributed by atoms with Crippen LogP contribution in [0.15, 0.2) is 22.8 Å². The maximum atomic E-state index is 15.0. The highest BCUT2D eigenvalue weighted by atomic mass is 19.2. The number of allylic oxidation sites excluding steroid dienone is 2. The van der Waals surface area contributed by atoms with Crippen molar-refractivity contribution in [3.63, 3.8) is 0 Å². The van der Waals surface area contributed by atoms with Crippen molar-refractivity contribution in [1.29, 1.82) is 0 Å². The van der Waals surface area contributed by atoms with Crippen LogP contribution < -0.4 is 11.2 Å². The fourth-order valence-electron chi connectivity index (χ4n) is 3.53. The molecule has 1 aromatic rings. The first-order valence-corrected chi connectivity index (χ1v) is 10.4. The standard InChI is InChI=1S/C22H31BF2N2O3/c1-14(26)17(13-27-12-15-8-10-28-11-9-15)16-6-7-18(20(25)19(16)24)23-29-21(2,3)22(4,5)30-23/h6-7,13,15H,8-12,26H2,1-5H3/b17-14+,27-13?. The molecule has 164 valence electrons. The lowest BCUT2D eigenvalue weighted by molar-refractivity contribution is 0.00578. The van der Waals surface area contributed by atoms with E-state index in [1.54, 1.807) is 6.92 Å². The van der Waals surface area contributed by atoms with E-state index < -0.39 is 30.0 Å². The molecule has 0 spiro atoms. The number of hydrogen-bond acceptors (Lipinski definition) is 5. The Morgan fingerprint density at radius 2 is 1.73 bits per heavy atom. The molecular weight excluding hydrogens is 389 g/mol. The van der Waals surface area contributed by atoms with Gasteiger partial charge in [0.25, 0.3) is 0 Å². The molecule has 2 aliphatic heterocycles. The van der Waals surface area contributed by atoms with Gasteiger partial charge < -0.3 is 19.8 Å². The Balaban J connectivity index is 1.83. The third-order valence-corrected chi connectivity index (χ3v) is 6.26. The number of nitrogens with two attached hydrogens (primary N) is 1. The molecule has 0 saturated carbocycles. The summed E-state index contributed by atoms with van der Waals surface area (Å²) in [6, 6.07) is 3.00. The molecule has 30 heavy (non-hydrogen) atoms. The average molecular weight is 420 g/mol. The number of rotatable bonds is 5. The Bertz CT molecular complexity index is 829. The average Bonchev–Trinajstić information content (AvgIpc) is 2.89. The minimum absolute atomic E-state index is 0.0306. The lowest BCUT2D eigenvalue weighted by atomic mass is 9.77. The van der Waals surface area contributed by atoms with Crippen molar-refractivity contribution in [2.75, 3.05) is 19.8 Å². The Labute approximate surface area is 177 Å². The third kappa shape index (κ3) is 4.60. The maximum absolute atomic E-state index is 15.0. The topological polar surface area (TPSA) is 66.1 Å². The molecule has 2 heterocycles. The van der Waals surface area contributed by atoms with E-state index in [1.165, 1.54) is 18.3 Å². The molecule has 2 N–H and O–H groups in total. The zero-order chi connectivity index (χ0) is 22.1. The Kier molecular flexibility index (Phi) is 6.70. The van der Waals surface area contributed by atoms with Crippen molar-refractivity contribution in [1.82, 2.24) is 0 Å². The molecule has 0 atom stereocenters. The highest BCUT2D eigenvalue weighted by molar-refractivity contribution is 6.62. The monoisotopic (exact) mass is 420 g/mol. The first-order chi connectivity index (χ1) is 14.0. The van der Waals surface area contributed by atoms with Crippen molar-refractivity contribution in [3.8, 4) is 0 Å². The highest BCUT2D eigenvalue weighted by Crippen LogP contribution is 2.37. The predicted molar refractivity (Wildman–Crippen MR) is 116 cm³/mol. The van der Waals surface area contributed by atoms with Crippen LogP contribution in [0.25, 0.3) is 5.57 Å². The maximum Gasteiger partial charge on any atom is 0.497 e. The van der Waals surface area contributed by atoms with E-state index in [-0.39, 0.29) is 11.0 Å². The van der Waals surface area contributed by atoms with E-state index in [4.69, 9.17) is 19.8 Å². The van der Waals surface area contributed by atoms with Gasteiger partial charge in [0.1, 0.15) is 0 Å². The van der Waals surface area contributed by atoms with Crippen LogP contribution in [0.2, 0.25) is 0 Å². The van der Waals surface area contributed by atoms with E-state index in [2.05, 4.69) is 4.99 Å². The summed E-state index contributed by atoms with van der Waals surface area (Å²) < 4.78 is 47.1. The van der Waals surface area contributed by atoms with Crippen LogP contribution in [0.1, 0.15) is 53.0 Å². The summed E-state index contributed by atoms with van der Waals surface area (Å²) in [5.41, 5.74) is 5.53. The number of benzene rings is 1. The van der Waals surface area contributed by atoms with E-state index in [0.717, 1.165) is 26.1 Å². The van der Waals surface area contributed by atoms with Crippen LogP contribution >= 0.6 is 0 Å². The van der Waals surface area contributed by atoms with Crippen LogP contribution in [0.3, 0.4) is 0 Å². The Morgan fingerprint density at radius 3 is 2.30 bits per heavy atom. The first-order valence-electron chi connectivity index (χ1n) is 10.4. The van der Waals surface area contributed by atoms with Crippen LogP contribution in [0.5, 0.6) is 0 Å². The lowest BCUT2D eigenvalue weighted by Crippen LogP contribution is -2.41. The minimum Gasteiger partial charge on any atom is -0.402 e. The van der Waals surface area contributed by atoms with E-state index >= 15 is 4.39 Å². The van der Waals surface area contributed by atoms with Gasteiger partial charge in [-0.2, -0.15) is 0 Å². The molecule has 0 amide bonds. The van der Waals surface area contributed by atoms with Gasteiger partial charge in [0.05, 0.1) is 11.2 Å². The molecule has 1 aromatic carbocycles. The van der Waals surface area contributed by atoms with E-state index in [0.29, 0.717) is 23.7 Å². The molecule has 0 bridgehead atoms. The molecule has 2 fully saturated rings. The van der Waals surface area contributed by atoms with Crippen molar-refractivity contribution in [3.05, 3.63) is 35.0 Å². The third-order valence-electron chi connectivity index (χ3n) is 6.26. The fraction of sp³-hybridized carbons (Fsp3) is 0.591. The highest BCUT2D eigenvalue weighted by Gasteiger charge is 2.52. The second kappa shape index (κ2) is 8.77. The molecule has 5 nitrogen and oxygen atoms in total. The van der Waals surface area contributed by atoms with Crippen molar-refractivity contribution in [2.45, 2.75) is 58.7 Å². The number of aliphatic imine (C=N–C) groups is 1. The van der Waals surface area contributed by atoms with Crippen molar-refractivity contribution < 1.29 is 22.8 Å². The van der Waals surface area contributed by atoms with Crippen LogP contribution in [0.4, 0.5) is 8.78 Å². The van der Waals surface area contributed by atoms with Gasteiger partial charge in [-0.05, 0) is 53.4 Å². The molecule has 2 aliphatic rings. The summed E-state index contributed by atoms with van der Waals surface area (Å²) >= 11 is 0. The zero-order valence-electron chi connectivity index (χ0n) is 18.4. The summed E-state index contributed by atoms with van der Waals surface area (Å²) in [5, 5.41) is 0. The van der Waals surface area contributed by atoms with Gasteiger partial charge >= 0.3 is 7.12 Å². The van der Waals surface area contributed by atoms with Crippen molar-refractivity contribution in [2.24, 2.45) is 16.6 Å². The van der Waals surface area contributed by atoms with Gasteiger partial charge in [-0.3, -0.25) is 4.99 Å². The summed E-state index contributed by atoms with van der Waals surface area (Å²) in [4.78, 5) is 4.44. The molecular formula is C22H31BF2N2O3. The Hall–Kier alpha value is -1.77. The summed E-state index contributed by atoms with van der Waals surface area (Å²) in [5.74, 6) is -1.55. The molecule has 2 saturated heterocycles. The smallest absolute Gasteiger partial charge is 0.402 e. The van der Waals surface area contributed by atoms with E-state index in [9.17, 15) is 4.39 Å². The van der Waals surface area contributed by atoms with Crippen molar-refractivity contribution >= 4 is 24.4 Å². The largest absolute Gasteiger partial charge is 0.497 e. The summed E-state index contributed by atoms with van der Waals surface area (Å²) in [6.45, 7) is 11.2. The lowest BCUT2D eigenvalue weighted by Gasteiger charge is -2.32. The van der Waals surface area contributed by atoms with Crippen LogP contribution in [-0.2, 0) is 14.0 Å². The minimum atomic E-state index is -0.998. The SMILES string of the molecule is C/C(N)=C(/C=NCC1CCOCC1)c1ccc(B2OC(C)(C)C(C)(C)O2)c(F)c1F. The summed E-state index contributed by atoms with van der Waals surface area (Å²) in [7, 11) is -0.979. The van der Waals surface area contributed by atoms with Gasteiger partial charge in [0, 0.05) is 48.3 Å². The van der Waals surface area contributed by atoms with Gasteiger partial charge in [-0.15, -0.1) is 0 Å². The molecule has 0 aromatic heterocycles. The number of ether oxygens (including phenoxy) is 1. The second-order valence-corrected chi connectivity index (χ2v) is 9.07. The molecule has 0 aliphatic carbocycles. The fourth-order valence-corrected chi connectivity index (χ4v) is 3.53. The predicted octanol–water partition coefficient (Wildman–Crippen LogP) is 3.45. The van der Waals surface area contributed by atoms with Gasteiger partial charge in [0.2, 0.25) is 0 Å². The van der Waals surface area contributed by atoms with E-state index in [1.807, 2.05) is 27.7 Å². The Morgan fingerprint density at radius 1 is 1.13 bits per heavy atom. The van der Waals surface area contributed by atoms with Gasteiger partial charge in [-0.1, -0.05) is 12.1 Å². The van der Waals surface area contributed by atoms with Crippen LogP contribution in [-0.4, -0.2) is 44.3 Å². The molecule has 8 heteroatoms. The normalized spacial score (nSPS) is 22.6. The van der Waals surface area contributed by atoms with Gasteiger partial charge in [-0.25, -0.2) is 8.78 Å². The van der Waals surface area contributed by atoms with Crippen LogP contribution in [0, 0.1) is 17.6 Å². The molecule has 3 rings (SSSR count). The number of hydrogen-bond donors (Lipinski definition) is 1. The molecule has 0 radical (unpaired) electrons. The first kappa shape index (κ1) is 22.9. The summed E-state index contributed by atoms with van der Waals surface area (Å²) in [6.07, 6.45) is 3.44. The van der Waals surface area contributed by atoms with Gasteiger partial charge in [0.15, 0.2) is 11.6 Å².